The summed E-state index contributed by atoms with van der Waals surface area (Å²) < 4.78 is 12.1. The van der Waals surface area contributed by atoms with E-state index in [-0.39, 0.29) is 5.91 Å². The number of nitrogens with one attached hydrogen (secondary N) is 1. The van der Waals surface area contributed by atoms with Crippen LogP contribution in [0, 0.1) is 6.92 Å². The lowest BCUT2D eigenvalue weighted by Crippen LogP contribution is -2.22. The largest absolute Gasteiger partial charge is 0.497 e. The number of hydrogen-bond acceptors (Lipinski definition) is 5. The molecule has 1 N–H and O–H groups in total. The van der Waals surface area contributed by atoms with Crippen LogP contribution in [0.4, 0.5) is 0 Å². The second-order valence-corrected chi connectivity index (χ2v) is 6.79. The number of nitrogens with zero attached hydrogens (tertiary/aromatic N) is 1. The van der Waals surface area contributed by atoms with Gasteiger partial charge in [-0.15, -0.1) is 11.3 Å². The average Bonchev–Trinajstić information content (AvgIpc) is 3.20. The molecule has 1 amide bonds. The zero-order valence-electron chi connectivity index (χ0n) is 13.8. The normalized spacial score (nSPS) is 11.1. The summed E-state index contributed by atoms with van der Waals surface area (Å²) in [5.41, 5.74) is 2.42. The molecule has 0 saturated heterocycles. The molecule has 2 aromatic heterocycles. The number of rotatable bonds is 4. The van der Waals surface area contributed by atoms with Gasteiger partial charge in [0.2, 0.25) is 0 Å². The number of fused-ring (bicyclic) bond motifs is 2. The zero-order valence-corrected chi connectivity index (χ0v) is 14.6. The van der Waals surface area contributed by atoms with Crippen LogP contribution in [0.3, 0.4) is 0 Å². The van der Waals surface area contributed by atoms with Crippen LogP contribution in [0.1, 0.15) is 21.1 Å². The predicted molar refractivity (Wildman–Crippen MR) is 98.3 cm³/mol. The van der Waals surface area contributed by atoms with Gasteiger partial charge in [0.15, 0.2) is 5.76 Å². The lowest BCUT2D eigenvalue weighted by molar-refractivity contribution is 0.0924. The fourth-order valence-corrected chi connectivity index (χ4v) is 3.68. The van der Waals surface area contributed by atoms with Crippen LogP contribution in [0.2, 0.25) is 0 Å². The summed E-state index contributed by atoms with van der Waals surface area (Å²) >= 11 is 1.58. The quantitative estimate of drug-likeness (QED) is 0.595. The number of ether oxygens (including phenoxy) is 1. The van der Waals surface area contributed by atoms with Crippen molar-refractivity contribution >= 4 is 38.4 Å². The average molecular weight is 352 g/mol. The molecule has 0 atom stereocenters. The number of amides is 1. The maximum absolute atomic E-state index is 12.5. The third-order valence-corrected chi connectivity index (χ3v) is 5.12. The molecule has 126 valence electrons. The van der Waals surface area contributed by atoms with E-state index in [1.54, 1.807) is 18.4 Å². The first-order chi connectivity index (χ1) is 12.2. The van der Waals surface area contributed by atoms with Crippen LogP contribution in [-0.4, -0.2) is 18.0 Å². The third kappa shape index (κ3) is 2.85. The van der Waals surface area contributed by atoms with Gasteiger partial charge in [-0.05, 0) is 37.3 Å². The molecule has 0 aliphatic heterocycles. The molecule has 0 radical (unpaired) electrons. The molecule has 4 rings (SSSR count). The number of aromatic nitrogens is 1. The van der Waals surface area contributed by atoms with Gasteiger partial charge in [-0.25, -0.2) is 4.98 Å². The first kappa shape index (κ1) is 15.7. The Morgan fingerprint density at radius 3 is 2.92 bits per heavy atom. The Morgan fingerprint density at radius 2 is 2.12 bits per heavy atom. The topological polar surface area (TPSA) is 64.4 Å². The number of hydrogen-bond donors (Lipinski definition) is 1. The molecule has 6 heteroatoms. The number of carbonyl (C=O) groups excluding carboxylic acids is 1. The molecule has 5 nitrogen and oxygen atoms in total. The van der Waals surface area contributed by atoms with E-state index < -0.39 is 0 Å². The van der Waals surface area contributed by atoms with Gasteiger partial charge < -0.3 is 14.5 Å². The Bertz CT molecular complexity index is 1050. The fourth-order valence-electron chi connectivity index (χ4n) is 2.78. The molecule has 0 saturated carbocycles. The first-order valence-electron chi connectivity index (χ1n) is 7.85. The number of benzene rings is 2. The van der Waals surface area contributed by atoms with E-state index in [0.29, 0.717) is 17.9 Å². The van der Waals surface area contributed by atoms with Gasteiger partial charge >= 0.3 is 0 Å². The van der Waals surface area contributed by atoms with E-state index in [2.05, 4.69) is 10.3 Å². The highest BCUT2D eigenvalue weighted by molar-refractivity contribution is 7.18. The summed E-state index contributed by atoms with van der Waals surface area (Å²) in [6, 6.07) is 13.4. The maximum Gasteiger partial charge on any atom is 0.287 e. The molecule has 2 heterocycles. The van der Waals surface area contributed by atoms with Crippen molar-refractivity contribution in [3.63, 3.8) is 0 Å². The highest BCUT2D eigenvalue weighted by Gasteiger charge is 2.18. The first-order valence-corrected chi connectivity index (χ1v) is 8.67. The van der Waals surface area contributed by atoms with Crippen molar-refractivity contribution < 1.29 is 13.9 Å². The van der Waals surface area contributed by atoms with Gasteiger partial charge in [0, 0.05) is 10.9 Å². The van der Waals surface area contributed by atoms with Crippen molar-refractivity contribution in [1.82, 2.24) is 10.3 Å². The van der Waals surface area contributed by atoms with Gasteiger partial charge in [0.05, 0.1) is 23.9 Å². The summed E-state index contributed by atoms with van der Waals surface area (Å²) in [7, 11) is 1.61. The van der Waals surface area contributed by atoms with E-state index in [4.69, 9.17) is 9.15 Å². The Labute approximate surface area is 148 Å². The summed E-state index contributed by atoms with van der Waals surface area (Å²) in [4.78, 5) is 17.0. The molecule has 4 aromatic rings. The number of carbonyl (C=O) groups is 1. The van der Waals surface area contributed by atoms with Crippen molar-refractivity contribution in [3.8, 4) is 5.75 Å². The number of methoxy groups -OCH3 is 1. The monoisotopic (exact) mass is 352 g/mol. The SMILES string of the molecule is COc1ccc2oc(C(=O)NCc3nc4ccccc4s3)c(C)c2c1. The van der Waals surface area contributed by atoms with Crippen molar-refractivity contribution in [2.45, 2.75) is 13.5 Å². The number of thiazole rings is 1. The smallest absolute Gasteiger partial charge is 0.287 e. The Kier molecular flexibility index (Phi) is 3.89. The molecule has 25 heavy (non-hydrogen) atoms. The van der Waals surface area contributed by atoms with E-state index in [1.807, 2.05) is 49.4 Å². The molecule has 0 spiro atoms. The van der Waals surface area contributed by atoms with Gasteiger partial charge in [-0.2, -0.15) is 0 Å². The molecular weight excluding hydrogens is 336 g/mol. The Morgan fingerprint density at radius 1 is 1.28 bits per heavy atom. The zero-order chi connectivity index (χ0) is 17.4. The highest BCUT2D eigenvalue weighted by Crippen LogP contribution is 2.29. The highest BCUT2D eigenvalue weighted by atomic mass is 32.1. The summed E-state index contributed by atoms with van der Waals surface area (Å²) in [6.45, 7) is 2.25. The number of furan rings is 1. The molecule has 2 aromatic carbocycles. The molecule has 0 aliphatic rings. The molecular formula is C19H16N2O3S. The number of aryl methyl sites for hydroxylation is 1. The van der Waals surface area contributed by atoms with E-state index in [1.165, 1.54) is 0 Å². The van der Waals surface area contributed by atoms with Crippen molar-refractivity contribution in [3.05, 3.63) is 58.8 Å². The third-order valence-electron chi connectivity index (χ3n) is 4.09. The Balaban J connectivity index is 1.56. The van der Waals surface area contributed by atoms with E-state index >= 15 is 0 Å². The molecule has 0 aliphatic carbocycles. The maximum atomic E-state index is 12.5. The van der Waals surface area contributed by atoms with Crippen LogP contribution in [0.25, 0.3) is 21.2 Å². The van der Waals surface area contributed by atoms with Crippen LogP contribution >= 0.6 is 11.3 Å². The van der Waals surface area contributed by atoms with Crippen molar-refractivity contribution in [1.29, 1.82) is 0 Å². The minimum atomic E-state index is -0.244. The summed E-state index contributed by atoms with van der Waals surface area (Å²) in [5, 5.41) is 4.64. The Hall–Kier alpha value is -2.86. The minimum absolute atomic E-state index is 0.244. The van der Waals surface area contributed by atoms with Crippen LogP contribution in [-0.2, 0) is 6.54 Å². The van der Waals surface area contributed by atoms with Gasteiger partial charge in [-0.3, -0.25) is 4.79 Å². The number of para-hydroxylation sites is 1. The van der Waals surface area contributed by atoms with Crippen LogP contribution in [0.15, 0.2) is 46.9 Å². The second-order valence-electron chi connectivity index (χ2n) is 5.68. The fraction of sp³-hybridized carbons (Fsp3) is 0.158. The lowest BCUT2D eigenvalue weighted by atomic mass is 10.1. The van der Waals surface area contributed by atoms with Crippen molar-refractivity contribution in [2.24, 2.45) is 0 Å². The van der Waals surface area contributed by atoms with Crippen molar-refractivity contribution in [2.75, 3.05) is 7.11 Å². The van der Waals surface area contributed by atoms with Gasteiger partial charge in [0.1, 0.15) is 16.3 Å². The van der Waals surface area contributed by atoms with Crippen LogP contribution < -0.4 is 10.1 Å². The van der Waals surface area contributed by atoms with E-state index in [0.717, 1.165) is 31.9 Å². The van der Waals surface area contributed by atoms with Gasteiger partial charge in [-0.1, -0.05) is 12.1 Å². The minimum Gasteiger partial charge on any atom is -0.497 e. The lowest BCUT2D eigenvalue weighted by Gasteiger charge is -2.01. The summed E-state index contributed by atoms with van der Waals surface area (Å²) in [6.07, 6.45) is 0. The second kappa shape index (κ2) is 6.22. The van der Waals surface area contributed by atoms with Crippen LogP contribution in [0.5, 0.6) is 5.75 Å². The molecule has 0 unspecified atom stereocenters. The van der Waals surface area contributed by atoms with Gasteiger partial charge in [0.25, 0.3) is 5.91 Å². The van der Waals surface area contributed by atoms with E-state index in [9.17, 15) is 4.79 Å². The molecule has 0 bridgehead atoms. The molecule has 0 fully saturated rings. The summed E-state index contributed by atoms with van der Waals surface area (Å²) in [5.74, 6) is 0.814. The standard InChI is InChI=1S/C19H16N2O3S/c1-11-13-9-12(23-2)7-8-15(13)24-18(11)19(22)20-10-17-21-14-5-3-4-6-16(14)25-17/h3-9H,10H2,1-2H3,(H,20,22). The predicted octanol–water partition coefficient (Wildman–Crippen LogP) is 4.29.